The van der Waals surface area contributed by atoms with Crippen LogP contribution in [0.5, 0.6) is 0 Å². The second-order valence-corrected chi connectivity index (χ2v) is 5.63. The maximum absolute atomic E-state index is 12.3. The fourth-order valence-electron chi connectivity index (χ4n) is 2.59. The highest BCUT2D eigenvalue weighted by molar-refractivity contribution is 5.82. The van der Waals surface area contributed by atoms with Gasteiger partial charge in [0.05, 0.1) is 12.2 Å². The zero-order valence-corrected chi connectivity index (χ0v) is 12.0. The number of carbonyl (C=O) groups excluding carboxylic acids is 1. The first-order valence-corrected chi connectivity index (χ1v) is 7.05. The van der Waals surface area contributed by atoms with Crippen molar-refractivity contribution in [2.24, 2.45) is 18.7 Å². The smallest absolute Gasteiger partial charge is 0.239 e. The van der Waals surface area contributed by atoms with Gasteiger partial charge in [-0.15, -0.1) is 0 Å². The lowest BCUT2D eigenvalue weighted by Gasteiger charge is -2.24. The third-order valence-corrected chi connectivity index (χ3v) is 4.24. The van der Waals surface area contributed by atoms with Crippen LogP contribution < -0.4 is 5.73 Å². The molecule has 0 spiro atoms. The molecule has 2 rings (SSSR count). The van der Waals surface area contributed by atoms with Crippen molar-refractivity contribution in [3.8, 4) is 0 Å². The molecule has 3 atom stereocenters. The third kappa shape index (κ3) is 2.97. The van der Waals surface area contributed by atoms with Gasteiger partial charge in [-0.2, -0.15) is 5.10 Å². The Morgan fingerprint density at radius 3 is 2.95 bits per heavy atom. The molecule has 1 aliphatic heterocycles. The van der Waals surface area contributed by atoms with Crippen LogP contribution in [0.15, 0.2) is 12.4 Å². The molecule has 5 heteroatoms. The zero-order valence-electron chi connectivity index (χ0n) is 12.0. The maximum Gasteiger partial charge on any atom is 0.239 e. The van der Waals surface area contributed by atoms with E-state index in [9.17, 15) is 4.79 Å². The predicted octanol–water partition coefficient (Wildman–Crippen LogP) is 1.11. The van der Waals surface area contributed by atoms with Gasteiger partial charge in [0.15, 0.2) is 0 Å². The number of nitrogens with two attached hydrogens (primary N) is 1. The van der Waals surface area contributed by atoms with E-state index < -0.39 is 0 Å². The van der Waals surface area contributed by atoms with Gasteiger partial charge in [0.1, 0.15) is 0 Å². The van der Waals surface area contributed by atoms with E-state index in [0.717, 1.165) is 25.9 Å². The number of hydrogen-bond donors (Lipinski definition) is 1. The average molecular weight is 264 g/mol. The van der Waals surface area contributed by atoms with Gasteiger partial charge in [-0.3, -0.25) is 9.48 Å². The van der Waals surface area contributed by atoms with Gasteiger partial charge in [-0.1, -0.05) is 20.3 Å². The summed E-state index contributed by atoms with van der Waals surface area (Å²) in [5, 5.41) is 4.20. The number of carbonyl (C=O) groups is 1. The van der Waals surface area contributed by atoms with E-state index in [-0.39, 0.29) is 17.9 Å². The summed E-state index contributed by atoms with van der Waals surface area (Å²) < 4.78 is 1.81. The van der Waals surface area contributed by atoms with Crippen molar-refractivity contribution < 1.29 is 4.79 Å². The molecule has 0 aromatic carbocycles. The summed E-state index contributed by atoms with van der Waals surface area (Å²) >= 11 is 0. The summed E-state index contributed by atoms with van der Waals surface area (Å²) in [6.07, 6.45) is 5.87. The Balaban J connectivity index is 1.96. The summed E-state index contributed by atoms with van der Waals surface area (Å²) in [5.74, 6) is 0.743. The third-order valence-electron chi connectivity index (χ3n) is 4.24. The highest BCUT2D eigenvalue weighted by Crippen LogP contribution is 2.27. The van der Waals surface area contributed by atoms with Gasteiger partial charge in [0, 0.05) is 32.3 Å². The molecule has 1 aromatic rings. The first-order chi connectivity index (χ1) is 9.02. The molecule has 2 N–H and O–H groups in total. The number of aryl methyl sites for hydroxylation is 1. The molecule has 19 heavy (non-hydrogen) atoms. The summed E-state index contributed by atoms with van der Waals surface area (Å²) in [6.45, 7) is 5.69. The van der Waals surface area contributed by atoms with E-state index in [1.807, 2.05) is 35.9 Å². The first-order valence-electron chi connectivity index (χ1n) is 7.05. The van der Waals surface area contributed by atoms with E-state index in [1.54, 1.807) is 0 Å². The van der Waals surface area contributed by atoms with Gasteiger partial charge in [0.25, 0.3) is 0 Å². The van der Waals surface area contributed by atoms with E-state index in [0.29, 0.717) is 5.92 Å². The van der Waals surface area contributed by atoms with Crippen molar-refractivity contribution in [2.45, 2.75) is 38.6 Å². The topological polar surface area (TPSA) is 64.2 Å². The van der Waals surface area contributed by atoms with Crippen LogP contribution in [0.3, 0.4) is 0 Å². The quantitative estimate of drug-likeness (QED) is 0.886. The van der Waals surface area contributed by atoms with Crippen LogP contribution in [0, 0.1) is 5.92 Å². The van der Waals surface area contributed by atoms with Crippen molar-refractivity contribution in [1.82, 2.24) is 14.7 Å². The van der Waals surface area contributed by atoms with Crippen LogP contribution in [0.2, 0.25) is 0 Å². The maximum atomic E-state index is 12.3. The van der Waals surface area contributed by atoms with Gasteiger partial charge >= 0.3 is 0 Å². The highest BCUT2D eigenvalue weighted by Gasteiger charge is 2.32. The molecule has 1 fully saturated rings. The van der Waals surface area contributed by atoms with Crippen molar-refractivity contribution in [2.75, 3.05) is 13.1 Å². The highest BCUT2D eigenvalue weighted by atomic mass is 16.2. The minimum Gasteiger partial charge on any atom is -0.341 e. The van der Waals surface area contributed by atoms with Crippen LogP contribution in [-0.4, -0.2) is 39.7 Å². The number of amides is 1. The lowest BCUT2D eigenvalue weighted by Crippen LogP contribution is -2.46. The molecule has 0 bridgehead atoms. The second-order valence-electron chi connectivity index (χ2n) is 5.63. The number of nitrogens with zero attached hydrogens (tertiary/aromatic N) is 3. The molecular formula is C14H24N4O. The van der Waals surface area contributed by atoms with Crippen molar-refractivity contribution >= 4 is 5.91 Å². The average Bonchev–Trinajstić information content (AvgIpc) is 3.04. The Labute approximate surface area is 114 Å². The van der Waals surface area contributed by atoms with Gasteiger partial charge in [-0.05, 0) is 17.9 Å². The standard InChI is InChI=1S/C14H24N4O/c1-4-10(2)13(15)14(19)18-6-5-11(9-18)12-7-16-17(3)8-12/h7-8,10-11,13H,4-6,9,15H2,1-3H3. The molecule has 106 valence electrons. The summed E-state index contributed by atoms with van der Waals surface area (Å²) in [4.78, 5) is 14.2. The number of hydrogen-bond acceptors (Lipinski definition) is 3. The van der Waals surface area contributed by atoms with Crippen molar-refractivity contribution in [3.05, 3.63) is 18.0 Å². The second kappa shape index (κ2) is 5.74. The van der Waals surface area contributed by atoms with Gasteiger partial charge in [-0.25, -0.2) is 0 Å². The van der Waals surface area contributed by atoms with Crippen LogP contribution in [0.1, 0.15) is 38.2 Å². The molecule has 0 aliphatic carbocycles. The van der Waals surface area contributed by atoms with Crippen molar-refractivity contribution in [3.63, 3.8) is 0 Å². The largest absolute Gasteiger partial charge is 0.341 e. The molecule has 2 heterocycles. The Bertz CT molecular complexity index is 442. The lowest BCUT2D eigenvalue weighted by molar-refractivity contribution is -0.132. The van der Waals surface area contributed by atoms with Gasteiger partial charge < -0.3 is 10.6 Å². The zero-order chi connectivity index (χ0) is 14.0. The summed E-state index contributed by atoms with van der Waals surface area (Å²) in [7, 11) is 1.92. The van der Waals surface area contributed by atoms with Gasteiger partial charge in [0.2, 0.25) is 5.91 Å². The first kappa shape index (κ1) is 14.1. The number of rotatable bonds is 4. The molecule has 1 amide bonds. The minimum absolute atomic E-state index is 0.0979. The van der Waals surface area contributed by atoms with E-state index in [2.05, 4.69) is 12.0 Å². The summed E-state index contributed by atoms with van der Waals surface area (Å²) in [6, 6.07) is -0.363. The minimum atomic E-state index is -0.363. The fourth-order valence-corrected chi connectivity index (χ4v) is 2.59. The molecule has 1 saturated heterocycles. The Morgan fingerprint density at radius 2 is 2.37 bits per heavy atom. The Morgan fingerprint density at radius 1 is 1.63 bits per heavy atom. The molecule has 1 aliphatic rings. The molecule has 3 unspecified atom stereocenters. The lowest BCUT2D eigenvalue weighted by atomic mass is 9.99. The Hall–Kier alpha value is -1.36. The van der Waals surface area contributed by atoms with Crippen LogP contribution in [0.25, 0.3) is 0 Å². The molecule has 5 nitrogen and oxygen atoms in total. The van der Waals surface area contributed by atoms with Crippen molar-refractivity contribution in [1.29, 1.82) is 0 Å². The predicted molar refractivity (Wildman–Crippen MR) is 74.6 cm³/mol. The number of aromatic nitrogens is 2. The SMILES string of the molecule is CCC(C)C(N)C(=O)N1CCC(c2cnn(C)c2)C1. The normalized spacial score (nSPS) is 22.5. The number of likely N-dealkylation sites (tertiary alicyclic amines) is 1. The van der Waals surface area contributed by atoms with Crippen LogP contribution in [0.4, 0.5) is 0 Å². The fraction of sp³-hybridized carbons (Fsp3) is 0.714. The monoisotopic (exact) mass is 264 g/mol. The van der Waals surface area contributed by atoms with Crippen LogP contribution >= 0.6 is 0 Å². The van der Waals surface area contributed by atoms with E-state index >= 15 is 0 Å². The molecule has 1 aromatic heterocycles. The molecule has 0 saturated carbocycles. The summed E-state index contributed by atoms with van der Waals surface area (Å²) in [5.41, 5.74) is 7.25. The van der Waals surface area contributed by atoms with E-state index in [1.165, 1.54) is 5.56 Å². The molecular weight excluding hydrogens is 240 g/mol. The molecule has 0 radical (unpaired) electrons. The van der Waals surface area contributed by atoms with Crippen LogP contribution in [-0.2, 0) is 11.8 Å². The Kier molecular flexibility index (Phi) is 4.24. The van der Waals surface area contributed by atoms with E-state index in [4.69, 9.17) is 5.73 Å².